The summed E-state index contributed by atoms with van der Waals surface area (Å²) in [7, 11) is 0. The number of carbonyl (C=O) groups excluding carboxylic acids is 3. The molecule has 0 heterocycles. The summed E-state index contributed by atoms with van der Waals surface area (Å²) in [6.07, 6.45) is 11.2. The van der Waals surface area contributed by atoms with Gasteiger partial charge in [-0.2, -0.15) is 5.17 Å². The monoisotopic (exact) mass is 519 g/mol. The molecule has 1 unspecified atom stereocenters. The highest BCUT2D eigenvalue weighted by molar-refractivity contribution is 5.91. The molecular formula is C27H27N4O7-. The van der Waals surface area contributed by atoms with Gasteiger partial charge in [0.2, 0.25) is 11.8 Å². The van der Waals surface area contributed by atoms with E-state index in [0.29, 0.717) is 11.4 Å². The number of hydrogen-bond acceptors (Lipinski definition) is 8. The van der Waals surface area contributed by atoms with Crippen LogP contribution < -0.4 is 26.8 Å². The number of anilines is 2. The van der Waals surface area contributed by atoms with E-state index in [1.165, 1.54) is 12.2 Å². The first-order valence-corrected chi connectivity index (χ1v) is 11.3. The Morgan fingerprint density at radius 1 is 0.895 bits per heavy atom. The lowest BCUT2D eigenvalue weighted by atomic mass is 10.1. The fourth-order valence-corrected chi connectivity index (χ4v) is 2.96. The summed E-state index contributed by atoms with van der Waals surface area (Å²) < 4.78 is 0. The number of hydrazine groups is 1. The summed E-state index contributed by atoms with van der Waals surface area (Å²) in [6, 6.07) is 12.6. The van der Waals surface area contributed by atoms with Crippen LogP contribution in [0.15, 0.2) is 85.0 Å². The fourth-order valence-electron chi connectivity index (χ4n) is 2.96. The van der Waals surface area contributed by atoms with E-state index in [2.05, 4.69) is 10.7 Å². The lowest BCUT2D eigenvalue weighted by Crippen LogP contribution is -2.40. The van der Waals surface area contributed by atoms with Crippen LogP contribution in [0.5, 0.6) is 0 Å². The zero-order valence-electron chi connectivity index (χ0n) is 20.2. The molecular weight excluding hydrogens is 492 g/mol. The van der Waals surface area contributed by atoms with E-state index in [9.17, 15) is 29.5 Å². The predicted octanol–water partition coefficient (Wildman–Crippen LogP) is 1.63. The average molecular weight is 520 g/mol. The molecule has 0 aliphatic rings. The molecule has 0 spiro atoms. The van der Waals surface area contributed by atoms with Crippen molar-refractivity contribution in [3.63, 3.8) is 0 Å². The standard InChI is InChI=1S/C27H28N4O7/c28-24(32)18-17-23(27(36)37)29-25(33)7-3-1-5-20-11-15-22(16-12-20)31(38)30-21-13-9-19(10-14-21)6-2-4-8-26(34)35/h1-16,23,30,38H,17-18H2,(H2,28,32)(H,29,33)(H,34,35)(H,36,37)/p-1. The van der Waals surface area contributed by atoms with E-state index in [1.54, 1.807) is 72.8 Å². The molecule has 2 aromatic carbocycles. The predicted molar refractivity (Wildman–Crippen MR) is 140 cm³/mol. The third-order valence-corrected chi connectivity index (χ3v) is 4.86. The maximum absolute atomic E-state index is 11.9. The number of carbonyl (C=O) groups is 4. The minimum absolute atomic E-state index is 0.0991. The normalized spacial score (nSPS) is 12.2. The number of primary amides is 1. The number of aliphatic carboxylic acids is 2. The molecule has 38 heavy (non-hydrogen) atoms. The molecule has 11 nitrogen and oxygen atoms in total. The minimum Gasteiger partial charge on any atom is -0.545 e. The van der Waals surface area contributed by atoms with Crippen molar-refractivity contribution in [2.75, 3.05) is 10.6 Å². The number of rotatable bonds is 14. The molecule has 198 valence electrons. The van der Waals surface area contributed by atoms with Gasteiger partial charge >= 0.3 is 5.97 Å². The second-order valence-electron chi connectivity index (χ2n) is 7.80. The van der Waals surface area contributed by atoms with Crippen molar-refractivity contribution in [1.29, 1.82) is 0 Å². The van der Waals surface area contributed by atoms with Gasteiger partial charge in [-0.3, -0.25) is 20.2 Å². The van der Waals surface area contributed by atoms with Crippen LogP contribution in [0.4, 0.5) is 11.4 Å². The maximum atomic E-state index is 11.9. The molecule has 0 radical (unpaired) electrons. The van der Waals surface area contributed by atoms with Gasteiger partial charge in [-0.1, -0.05) is 60.7 Å². The quantitative estimate of drug-likeness (QED) is 0.141. The Morgan fingerprint density at radius 2 is 1.45 bits per heavy atom. The van der Waals surface area contributed by atoms with Crippen LogP contribution in [-0.4, -0.2) is 40.1 Å². The number of nitrogens with zero attached hydrogens (tertiary/aromatic N) is 1. The number of hydrogen-bond donors (Lipinski definition) is 5. The Kier molecular flexibility index (Phi) is 11.5. The van der Waals surface area contributed by atoms with Crippen molar-refractivity contribution in [2.24, 2.45) is 5.73 Å². The third kappa shape index (κ3) is 11.1. The molecule has 2 amide bonds. The topological polar surface area (TPSA) is 185 Å². The van der Waals surface area contributed by atoms with Crippen LogP contribution in [0.1, 0.15) is 24.0 Å². The average Bonchev–Trinajstić information content (AvgIpc) is 2.88. The summed E-state index contributed by atoms with van der Waals surface area (Å²) in [5, 5.41) is 32.9. The largest absolute Gasteiger partial charge is 0.545 e. The van der Waals surface area contributed by atoms with Gasteiger partial charge in [0.1, 0.15) is 6.04 Å². The molecule has 11 heteroatoms. The lowest BCUT2D eigenvalue weighted by molar-refractivity contribution is -0.297. The Hall–Kier alpha value is -5.16. The summed E-state index contributed by atoms with van der Waals surface area (Å²) in [4.78, 5) is 44.2. The highest BCUT2D eigenvalue weighted by Gasteiger charge is 2.19. The molecule has 1 atom stereocenters. The van der Waals surface area contributed by atoms with Crippen molar-refractivity contribution in [3.05, 3.63) is 96.1 Å². The smallest absolute Gasteiger partial charge is 0.326 e. The number of nitrogens with one attached hydrogen (secondary N) is 2. The second-order valence-corrected chi connectivity index (χ2v) is 7.80. The zero-order chi connectivity index (χ0) is 27.9. The molecule has 2 aromatic rings. The van der Waals surface area contributed by atoms with E-state index in [0.717, 1.165) is 28.5 Å². The Balaban J connectivity index is 1.86. The first-order chi connectivity index (χ1) is 18.1. The molecule has 0 aromatic heterocycles. The van der Waals surface area contributed by atoms with Crippen LogP contribution in [0, 0.1) is 0 Å². The highest BCUT2D eigenvalue weighted by atomic mass is 16.5. The van der Waals surface area contributed by atoms with E-state index in [-0.39, 0.29) is 12.8 Å². The molecule has 0 aliphatic carbocycles. The summed E-state index contributed by atoms with van der Waals surface area (Å²) in [5.74, 6) is -3.81. The fraction of sp³-hybridized carbons (Fsp3) is 0.111. The molecule has 0 aliphatic heterocycles. The Morgan fingerprint density at radius 3 is 1.97 bits per heavy atom. The van der Waals surface area contributed by atoms with Crippen molar-refractivity contribution in [2.45, 2.75) is 18.9 Å². The van der Waals surface area contributed by atoms with Crippen molar-refractivity contribution < 1.29 is 34.6 Å². The second kappa shape index (κ2) is 15.1. The summed E-state index contributed by atoms with van der Waals surface area (Å²) >= 11 is 0. The number of nitrogens with two attached hydrogens (primary N) is 1. The van der Waals surface area contributed by atoms with E-state index < -0.39 is 29.8 Å². The molecule has 2 rings (SSSR count). The van der Waals surface area contributed by atoms with Gasteiger partial charge < -0.3 is 26.1 Å². The van der Waals surface area contributed by atoms with Crippen molar-refractivity contribution in [3.8, 4) is 0 Å². The first-order valence-electron chi connectivity index (χ1n) is 11.3. The van der Waals surface area contributed by atoms with Gasteiger partial charge in [0.15, 0.2) is 0 Å². The number of carboxylic acid groups (broad SMARTS) is 2. The number of amides is 2. The Labute approximate surface area is 218 Å². The number of carboxylic acids is 2. The molecule has 0 fully saturated rings. The van der Waals surface area contributed by atoms with Gasteiger partial charge in [0, 0.05) is 12.5 Å². The number of allylic oxidation sites excluding steroid dienone is 4. The van der Waals surface area contributed by atoms with Gasteiger partial charge in [0.25, 0.3) is 0 Å². The summed E-state index contributed by atoms with van der Waals surface area (Å²) in [6.45, 7) is 0. The van der Waals surface area contributed by atoms with Gasteiger partial charge in [-0.05, 0) is 47.9 Å². The van der Waals surface area contributed by atoms with Crippen LogP contribution in [0.25, 0.3) is 12.2 Å². The molecule has 0 bridgehead atoms. The summed E-state index contributed by atoms with van der Waals surface area (Å²) in [5.41, 5.74) is 10.5. The van der Waals surface area contributed by atoms with Crippen molar-refractivity contribution in [1.82, 2.24) is 5.32 Å². The van der Waals surface area contributed by atoms with E-state index in [4.69, 9.17) is 10.8 Å². The molecule has 6 N–H and O–H groups in total. The van der Waals surface area contributed by atoms with Crippen LogP contribution >= 0.6 is 0 Å². The zero-order valence-corrected chi connectivity index (χ0v) is 20.2. The minimum atomic E-state index is -1.27. The SMILES string of the molecule is NC(=O)CCC(NC(=O)C=CC=Cc1ccc(N(O)Nc2ccc(C=CC=CC(=O)[O-])cc2)cc1)C(=O)O. The molecule has 0 saturated carbocycles. The Bertz CT molecular complexity index is 1230. The van der Waals surface area contributed by atoms with E-state index in [1.807, 2.05) is 0 Å². The third-order valence-electron chi connectivity index (χ3n) is 4.86. The number of benzene rings is 2. The molecule has 0 saturated heterocycles. The lowest BCUT2D eigenvalue weighted by Gasteiger charge is -2.19. The van der Waals surface area contributed by atoms with Gasteiger partial charge in [-0.15, -0.1) is 0 Å². The van der Waals surface area contributed by atoms with Crippen LogP contribution in [0.3, 0.4) is 0 Å². The van der Waals surface area contributed by atoms with Crippen molar-refractivity contribution >= 4 is 47.3 Å². The van der Waals surface area contributed by atoms with Crippen LogP contribution in [0.2, 0.25) is 0 Å². The van der Waals surface area contributed by atoms with Gasteiger partial charge in [-0.25, -0.2) is 4.79 Å². The maximum Gasteiger partial charge on any atom is 0.326 e. The van der Waals surface area contributed by atoms with E-state index >= 15 is 0 Å². The van der Waals surface area contributed by atoms with Crippen LogP contribution in [-0.2, 0) is 19.2 Å². The highest BCUT2D eigenvalue weighted by Crippen LogP contribution is 2.17. The van der Waals surface area contributed by atoms with Gasteiger partial charge in [0.05, 0.1) is 17.3 Å². The first kappa shape index (κ1) is 29.1.